The maximum Gasteiger partial charge on any atom is 0.240 e. The van der Waals surface area contributed by atoms with Crippen LogP contribution in [-0.4, -0.2) is 17.9 Å². The Bertz CT molecular complexity index is 698. The number of halogens is 1. The molecule has 2 aromatic rings. The second-order valence-corrected chi connectivity index (χ2v) is 5.52. The molecule has 2 aromatic carbocycles. The van der Waals surface area contributed by atoms with Gasteiger partial charge in [0.25, 0.3) is 0 Å². The predicted octanol–water partition coefficient (Wildman–Crippen LogP) is 1.89. The summed E-state index contributed by atoms with van der Waals surface area (Å²) in [7, 11) is 0. The molecule has 23 heavy (non-hydrogen) atoms. The predicted molar refractivity (Wildman–Crippen MR) is 86.1 cm³/mol. The minimum atomic E-state index is -0.793. The number of benzene rings is 2. The number of rotatable bonds is 6. The SMILES string of the molecule is Cc1ccc(C[C@@H](NC(=O)Cc2cccc(F)c2)C(N)=O)cc1. The lowest BCUT2D eigenvalue weighted by Gasteiger charge is -2.16. The largest absolute Gasteiger partial charge is 0.368 e. The molecular formula is C18H19FN2O2. The molecule has 0 aliphatic carbocycles. The summed E-state index contributed by atoms with van der Waals surface area (Å²) in [6, 6.07) is 12.7. The van der Waals surface area contributed by atoms with Crippen molar-refractivity contribution in [2.75, 3.05) is 0 Å². The van der Waals surface area contributed by atoms with E-state index in [9.17, 15) is 14.0 Å². The molecule has 0 aromatic heterocycles. The number of hydrogen-bond donors (Lipinski definition) is 2. The molecule has 0 saturated heterocycles. The summed E-state index contributed by atoms with van der Waals surface area (Å²) in [6.45, 7) is 1.97. The number of carbonyl (C=O) groups excluding carboxylic acids is 2. The number of nitrogens with one attached hydrogen (secondary N) is 1. The van der Waals surface area contributed by atoms with Crippen LogP contribution >= 0.6 is 0 Å². The first-order valence-corrected chi connectivity index (χ1v) is 7.32. The normalized spacial score (nSPS) is 11.7. The van der Waals surface area contributed by atoms with Gasteiger partial charge in [0.15, 0.2) is 0 Å². The highest BCUT2D eigenvalue weighted by Crippen LogP contribution is 2.08. The van der Waals surface area contributed by atoms with E-state index in [1.807, 2.05) is 31.2 Å². The van der Waals surface area contributed by atoms with Gasteiger partial charge in [-0.3, -0.25) is 9.59 Å². The van der Waals surface area contributed by atoms with Crippen molar-refractivity contribution in [1.82, 2.24) is 5.32 Å². The van der Waals surface area contributed by atoms with Gasteiger partial charge in [-0.25, -0.2) is 4.39 Å². The molecule has 0 aliphatic heterocycles. The van der Waals surface area contributed by atoms with E-state index >= 15 is 0 Å². The van der Waals surface area contributed by atoms with Crippen molar-refractivity contribution in [2.45, 2.75) is 25.8 Å². The monoisotopic (exact) mass is 314 g/mol. The van der Waals surface area contributed by atoms with Gasteiger partial charge in [-0.15, -0.1) is 0 Å². The Morgan fingerprint density at radius 2 is 1.83 bits per heavy atom. The van der Waals surface area contributed by atoms with Crippen molar-refractivity contribution in [3.8, 4) is 0 Å². The average Bonchev–Trinajstić information content (AvgIpc) is 2.48. The molecule has 0 bridgehead atoms. The Labute approximate surface area is 134 Å². The first-order valence-electron chi connectivity index (χ1n) is 7.32. The molecule has 1 atom stereocenters. The summed E-state index contributed by atoms with van der Waals surface area (Å²) in [4.78, 5) is 23.6. The maximum atomic E-state index is 13.1. The van der Waals surface area contributed by atoms with Crippen LogP contribution in [0.3, 0.4) is 0 Å². The highest BCUT2D eigenvalue weighted by molar-refractivity contribution is 5.87. The summed E-state index contributed by atoms with van der Waals surface area (Å²) >= 11 is 0. The van der Waals surface area contributed by atoms with E-state index in [4.69, 9.17) is 5.73 Å². The topological polar surface area (TPSA) is 72.2 Å². The van der Waals surface area contributed by atoms with Crippen LogP contribution in [0.5, 0.6) is 0 Å². The molecule has 2 amide bonds. The minimum absolute atomic E-state index is 0.00453. The lowest BCUT2D eigenvalue weighted by atomic mass is 10.0. The van der Waals surface area contributed by atoms with Crippen molar-refractivity contribution in [1.29, 1.82) is 0 Å². The lowest BCUT2D eigenvalue weighted by molar-refractivity contribution is -0.127. The highest BCUT2D eigenvalue weighted by atomic mass is 19.1. The molecule has 120 valence electrons. The van der Waals surface area contributed by atoms with Gasteiger partial charge in [0.05, 0.1) is 6.42 Å². The van der Waals surface area contributed by atoms with Gasteiger partial charge in [0.2, 0.25) is 11.8 Å². The number of carbonyl (C=O) groups is 2. The third-order valence-electron chi connectivity index (χ3n) is 3.49. The van der Waals surface area contributed by atoms with E-state index < -0.39 is 17.8 Å². The molecule has 0 heterocycles. The fraction of sp³-hybridized carbons (Fsp3) is 0.222. The molecule has 5 heteroatoms. The van der Waals surface area contributed by atoms with Crippen LogP contribution in [0.4, 0.5) is 4.39 Å². The zero-order valence-electron chi connectivity index (χ0n) is 12.9. The molecule has 0 spiro atoms. The van der Waals surface area contributed by atoms with E-state index in [2.05, 4.69) is 5.32 Å². The smallest absolute Gasteiger partial charge is 0.240 e. The number of amides is 2. The third kappa shape index (κ3) is 5.21. The average molecular weight is 314 g/mol. The molecule has 2 rings (SSSR count). The van der Waals surface area contributed by atoms with Gasteiger partial charge < -0.3 is 11.1 Å². The van der Waals surface area contributed by atoms with Crippen LogP contribution in [0.2, 0.25) is 0 Å². The van der Waals surface area contributed by atoms with E-state index in [-0.39, 0.29) is 12.3 Å². The number of aryl methyl sites for hydroxylation is 1. The van der Waals surface area contributed by atoms with Gasteiger partial charge in [-0.1, -0.05) is 42.0 Å². The molecule has 0 unspecified atom stereocenters. The highest BCUT2D eigenvalue weighted by Gasteiger charge is 2.18. The standard InChI is InChI=1S/C18H19FN2O2/c1-12-5-7-13(8-6-12)10-16(18(20)23)21-17(22)11-14-3-2-4-15(19)9-14/h2-9,16H,10-11H2,1H3,(H2,20,23)(H,21,22)/t16-/m1/s1. The Morgan fingerprint density at radius 1 is 1.13 bits per heavy atom. The van der Waals surface area contributed by atoms with Crippen LogP contribution in [0.15, 0.2) is 48.5 Å². The summed E-state index contributed by atoms with van der Waals surface area (Å²) in [5.41, 5.74) is 7.93. The molecule has 4 nitrogen and oxygen atoms in total. The van der Waals surface area contributed by atoms with Crippen LogP contribution in [-0.2, 0) is 22.4 Å². The van der Waals surface area contributed by atoms with E-state index in [1.165, 1.54) is 18.2 Å². The van der Waals surface area contributed by atoms with Gasteiger partial charge in [0, 0.05) is 6.42 Å². The van der Waals surface area contributed by atoms with Crippen LogP contribution in [0.1, 0.15) is 16.7 Å². The van der Waals surface area contributed by atoms with E-state index in [1.54, 1.807) is 6.07 Å². The summed E-state index contributed by atoms with van der Waals surface area (Å²) < 4.78 is 13.1. The zero-order valence-corrected chi connectivity index (χ0v) is 12.9. The maximum absolute atomic E-state index is 13.1. The number of hydrogen-bond acceptors (Lipinski definition) is 2. The van der Waals surface area contributed by atoms with Gasteiger partial charge in [-0.2, -0.15) is 0 Å². The summed E-state index contributed by atoms with van der Waals surface area (Å²) in [6.07, 6.45) is 0.319. The van der Waals surface area contributed by atoms with Gasteiger partial charge in [0.1, 0.15) is 11.9 Å². The van der Waals surface area contributed by atoms with Crippen molar-refractivity contribution in [3.05, 3.63) is 71.0 Å². The third-order valence-corrected chi connectivity index (χ3v) is 3.49. The number of primary amides is 1. The zero-order chi connectivity index (χ0) is 16.8. The Kier molecular flexibility index (Phi) is 5.46. The minimum Gasteiger partial charge on any atom is -0.368 e. The first kappa shape index (κ1) is 16.7. The molecule has 0 saturated carbocycles. The second-order valence-electron chi connectivity index (χ2n) is 5.52. The van der Waals surface area contributed by atoms with Crippen LogP contribution in [0, 0.1) is 12.7 Å². The van der Waals surface area contributed by atoms with E-state index in [0.717, 1.165) is 11.1 Å². The molecule has 0 radical (unpaired) electrons. The molecule has 0 aliphatic rings. The number of nitrogens with two attached hydrogens (primary N) is 1. The van der Waals surface area contributed by atoms with Crippen molar-refractivity contribution in [3.63, 3.8) is 0 Å². The first-order chi connectivity index (χ1) is 10.9. The quantitative estimate of drug-likeness (QED) is 0.854. The fourth-order valence-corrected chi connectivity index (χ4v) is 2.26. The van der Waals surface area contributed by atoms with Crippen LogP contribution < -0.4 is 11.1 Å². The van der Waals surface area contributed by atoms with Gasteiger partial charge >= 0.3 is 0 Å². The Morgan fingerprint density at radius 3 is 2.43 bits per heavy atom. The van der Waals surface area contributed by atoms with Crippen LogP contribution in [0.25, 0.3) is 0 Å². The lowest BCUT2D eigenvalue weighted by Crippen LogP contribution is -2.46. The summed E-state index contributed by atoms with van der Waals surface area (Å²) in [5.74, 6) is -1.37. The fourth-order valence-electron chi connectivity index (χ4n) is 2.26. The molecule has 0 fully saturated rings. The van der Waals surface area contributed by atoms with Crippen molar-refractivity contribution in [2.24, 2.45) is 5.73 Å². The van der Waals surface area contributed by atoms with Crippen molar-refractivity contribution < 1.29 is 14.0 Å². The molecule has 3 N–H and O–H groups in total. The Balaban J connectivity index is 1.99. The van der Waals surface area contributed by atoms with E-state index in [0.29, 0.717) is 12.0 Å². The second kappa shape index (κ2) is 7.54. The van der Waals surface area contributed by atoms with Gasteiger partial charge in [-0.05, 0) is 30.2 Å². The molecular weight excluding hydrogens is 295 g/mol. The Hall–Kier alpha value is -2.69. The van der Waals surface area contributed by atoms with Crippen molar-refractivity contribution >= 4 is 11.8 Å². The summed E-state index contributed by atoms with van der Waals surface area (Å²) in [5, 5.41) is 2.61.